The summed E-state index contributed by atoms with van der Waals surface area (Å²) in [7, 11) is -3.93. The number of rotatable bonds is 4. The van der Waals surface area contributed by atoms with Crippen LogP contribution in [0.25, 0.3) is 0 Å². The quantitative estimate of drug-likeness (QED) is 0.827. The van der Waals surface area contributed by atoms with Gasteiger partial charge in [0, 0.05) is 11.9 Å². The summed E-state index contributed by atoms with van der Waals surface area (Å²) < 4.78 is 39.7. The molecule has 100 valence electrons. The first-order valence-corrected chi connectivity index (χ1v) is 6.92. The van der Waals surface area contributed by atoms with Crippen LogP contribution in [0.3, 0.4) is 0 Å². The maximum Gasteiger partial charge on any atom is 0.243 e. The van der Waals surface area contributed by atoms with Crippen LogP contribution in [-0.4, -0.2) is 13.4 Å². The third-order valence-electron chi connectivity index (χ3n) is 2.41. The van der Waals surface area contributed by atoms with Crippen molar-refractivity contribution in [2.24, 2.45) is 0 Å². The third-order valence-corrected chi connectivity index (χ3v) is 3.85. The van der Waals surface area contributed by atoms with Crippen LogP contribution < -0.4 is 10.5 Å². The number of anilines is 1. The molecule has 0 bridgehead atoms. The second-order valence-corrected chi connectivity index (χ2v) is 5.57. The zero-order valence-electron chi connectivity index (χ0n) is 9.88. The topological polar surface area (TPSA) is 85.1 Å². The average molecular weight is 281 g/mol. The van der Waals surface area contributed by atoms with E-state index in [0.717, 1.165) is 12.1 Å². The molecule has 5 nitrogen and oxygen atoms in total. The van der Waals surface area contributed by atoms with Gasteiger partial charge in [-0.2, -0.15) is 0 Å². The van der Waals surface area contributed by atoms with E-state index < -0.39 is 20.7 Å². The Morgan fingerprint density at radius 2 is 2.05 bits per heavy atom. The van der Waals surface area contributed by atoms with E-state index in [9.17, 15) is 12.8 Å². The predicted molar refractivity (Wildman–Crippen MR) is 69.1 cm³/mol. The van der Waals surface area contributed by atoms with Crippen molar-refractivity contribution in [3.05, 3.63) is 54.1 Å². The molecule has 0 unspecified atom stereocenters. The molecule has 0 fully saturated rings. The second kappa shape index (κ2) is 5.33. The van der Waals surface area contributed by atoms with Crippen LogP contribution >= 0.6 is 0 Å². The van der Waals surface area contributed by atoms with Crippen LogP contribution in [0, 0.1) is 5.82 Å². The molecule has 0 aliphatic carbocycles. The molecule has 7 heteroatoms. The van der Waals surface area contributed by atoms with Gasteiger partial charge in [0.1, 0.15) is 10.7 Å². The van der Waals surface area contributed by atoms with Gasteiger partial charge in [-0.25, -0.2) is 17.5 Å². The van der Waals surface area contributed by atoms with Gasteiger partial charge in [-0.3, -0.25) is 4.98 Å². The van der Waals surface area contributed by atoms with Crippen LogP contribution in [0.5, 0.6) is 0 Å². The molecule has 19 heavy (non-hydrogen) atoms. The molecular formula is C12H12FN3O2S. The lowest BCUT2D eigenvalue weighted by Crippen LogP contribution is -2.24. The molecular weight excluding hydrogens is 269 g/mol. The van der Waals surface area contributed by atoms with E-state index >= 15 is 0 Å². The van der Waals surface area contributed by atoms with Crippen LogP contribution in [0.1, 0.15) is 5.69 Å². The van der Waals surface area contributed by atoms with Crippen molar-refractivity contribution >= 4 is 15.7 Å². The molecule has 1 aromatic carbocycles. The molecule has 0 spiro atoms. The Labute approximate surface area is 110 Å². The molecule has 1 aromatic heterocycles. The van der Waals surface area contributed by atoms with Crippen LogP contribution in [-0.2, 0) is 16.6 Å². The number of hydrogen-bond acceptors (Lipinski definition) is 4. The van der Waals surface area contributed by atoms with Gasteiger partial charge in [0.2, 0.25) is 10.0 Å². The highest BCUT2D eigenvalue weighted by Gasteiger charge is 2.18. The summed E-state index contributed by atoms with van der Waals surface area (Å²) in [5, 5.41) is 0. The Bertz CT molecular complexity index is 675. The minimum absolute atomic E-state index is 0.00695. The summed E-state index contributed by atoms with van der Waals surface area (Å²) in [5.41, 5.74) is 6.08. The standard InChI is InChI=1S/C12H12FN3O2S/c13-11-7-9(14)4-5-12(11)19(17,18)16-8-10-3-1-2-6-15-10/h1-7,16H,8,14H2. The molecule has 0 amide bonds. The van der Waals surface area contributed by atoms with Gasteiger partial charge in [0.25, 0.3) is 0 Å². The number of nitrogens with zero attached hydrogens (tertiary/aromatic N) is 1. The first kappa shape index (κ1) is 13.4. The first-order chi connectivity index (χ1) is 8.99. The molecule has 0 atom stereocenters. The molecule has 0 aliphatic rings. The number of aromatic nitrogens is 1. The predicted octanol–water partition coefficient (Wildman–Crippen LogP) is 1.28. The molecule has 2 aromatic rings. The fourth-order valence-corrected chi connectivity index (χ4v) is 2.54. The number of pyridine rings is 1. The minimum Gasteiger partial charge on any atom is -0.399 e. The Hall–Kier alpha value is -1.99. The van der Waals surface area contributed by atoms with Crippen molar-refractivity contribution in [3.8, 4) is 0 Å². The van der Waals surface area contributed by atoms with Crippen molar-refractivity contribution in [2.75, 3.05) is 5.73 Å². The van der Waals surface area contributed by atoms with Crippen molar-refractivity contribution in [2.45, 2.75) is 11.4 Å². The van der Waals surface area contributed by atoms with Crippen LogP contribution in [0.15, 0.2) is 47.5 Å². The summed E-state index contributed by atoms with van der Waals surface area (Å²) in [6.07, 6.45) is 1.55. The van der Waals surface area contributed by atoms with Gasteiger partial charge in [-0.15, -0.1) is 0 Å². The summed E-state index contributed by atoms with van der Waals surface area (Å²) in [6.45, 7) is -0.00695. The normalized spacial score (nSPS) is 11.4. The third kappa shape index (κ3) is 3.27. The van der Waals surface area contributed by atoms with Gasteiger partial charge >= 0.3 is 0 Å². The van der Waals surface area contributed by atoms with Crippen LogP contribution in [0.4, 0.5) is 10.1 Å². The Kier molecular flexibility index (Phi) is 3.77. The molecule has 1 heterocycles. The highest BCUT2D eigenvalue weighted by molar-refractivity contribution is 7.89. The summed E-state index contributed by atoms with van der Waals surface area (Å²) >= 11 is 0. The van der Waals surface area contributed by atoms with Crippen molar-refractivity contribution in [1.82, 2.24) is 9.71 Å². The molecule has 0 saturated heterocycles. The van der Waals surface area contributed by atoms with Gasteiger partial charge in [-0.05, 0) is 30.3 Å². The Morgan fingerprint density at radius 3 is 2.68 bits per heavy atom. The van der Waals surface area contributed by atoms with E-state index in [1.165, 1.54) is 6.07 Å². The van der Waals surface area contributed by atoms with E-state index in [4.69, 9.17) is 5.73 Å². The minimum atomic E-state index is -3.93. The van der Waals surface area contributed by atoms with Gasteiger partial charge in [0.15, 0.2) is 0 Å². The zero-order chi connectivity index (χ0) is 13.9. The lowest BCUT2D eigenvalue weighted by molar-refractivity contribution is 0.556. The average Bonchev–Trinajstić information content (AvgIpc) is 2.37. The number of benzene rings is 1. The largest absolute Gasteiger partial charge is 0.399 e. The van der Waals surface area contributed by atoms with Gasteiger partial charge in [0.05, 0.1) is 12.2 Å². The number of nitrogens with one attached hydrogen (secondary N) is 1. The highest BCUT2D eigenvalue weighted by atomic mass is 32.2. The van der Waals surface area contributed by atoms with E-state index in [0.29, 0.717) is 5.69 Å². The molecule has 2 rings (SSSR count). The van der Waals surface area contributed by atoms with E-state index in [1.54, 1.807) is 24.4 Å². The smallest absolute Gasteiger partial charge is 0.243 e. The molecule has 0 saturated carbocycles. The van der Waals surface area contributed by atoms with Crippen molar-refractivity contribution in [3.63, 3.8) is 0 Å². The summed E-state index contributed by atoms with van der Waals surface area (Å²) in [6, 6.07) is 8.55. The van der Waals surface area contributed by atoms with Gasteiger partial charge in [-0.1, -0.05) is 6.07 Å². The maximum absolute atomic E-state index is 13.6. The summed E-state index contributed by atoms with van der Waals surface area (Å²) in [4.78, 5) is 3.54. The lowest BCUT2D eigenvalue weighted by Gasteiger charge is -2.07. The Morgan fingerprint density at radius 1 is 1.26 bits per heavy atom. The van der Waals surface area contributed by atoms with Crippen molar-refractivity contribution < 1.29 is 12.8 Å². The molecule has 0 aliphatic heterocycles. The summed E-state index contributed by atoms with van der Waals surface area (Å²) in [5.74, 6) is -0.881. The number of sulfonamides is 1. The second-order valence-electron chi connectivity index (χ2n) is 3.84. The fourth-order valence-electron chi connectivity index (χ4n) is 1.48. The van der Waals surface area contributed by atoms with Crippen molar-refractivity contribution in [1.29, 1.82) is 0 Å². The molecule has 0 radical (unpaired) electrons. The molecule has 3 N–H and O–H groups in total. The Balaban J connectivity index is 2.19. The van der Waals surface area contributed by atoms with E-state index in [-0.39, 0.29) is 12.2 Å². The number of nitrogens with two attached hydrogens (primary N) is 1. The van der Waals surface area contributed by atoms with E-state index in [2.05, 4.69) is 9.71 Å². The highest BCUT2D eigenvalue weighted by Crippen LogP contribution is 2.17. The lowest BCUT2D eigenvalue weighted by atomic mass is 10.3. The van der Waals surface area contributed by atoms with E-state index in [1.807, 2.05) is 0 Å². The SMILES string of the molecule is Nc1ccc(S(=O)(=O)NCc2ccccn2)c(F)c1. The maximum atomic E-state index is 13.6. The fraction of sp³-hybridized carbons (Fsp3) is 0.0833. The number of hydrogen-bond donors (Lipinski definition) is 2. The first-order valence-electron chi connectivity index (χ1n) is 5.43. The van der Waals surface area contributed by atoms with Crippen LogP contribution in [0.2, 0.25) is 0 Å². The number of halogens is 1. The zero-order valence-corrected chi connectivity index (χ0v) is 10.7. The van der Waals surface area contributed by atoms with Gasteiger partial charge < -0.3 is 5.73 Å². The number of nitrogen functional groups attached to an aromatic ring is 1. The monoisotopic (exact) mass is 281 g/mol.